The number of aliphatic hydroxyl groups excluding tert-OH is 1. The summed E-state index contributed by atoms with van der Waals surface area (Å²) in [5, 5.41) is 13.4. The van der Waals surface area contributed by atoms with Crippen LogP contribution in [-0.4, -0.2) is 33.7 Å². The predicted octanol–water partition coefficient (Wildman–Crippen LogP) is 2.76. The summed E-state index contributed by atoms with van der Waals surface area (Å²) in [6.07, 6.45) is 6.04. The van der Waals surface area contributed by atoms with Gasteiger partial charge in [-0.1, -0.05) is 6.42 Å². The number of hydrogen-bond acceptors (Lipinski definition) is 4. The second kappa shape index (κ2) is 5.27. The Morgan fingerprint density at radius 2 is 2.28 bits per heavy atom. The molecule has 4 heteroatoms. The SMILES string of the molecule is CC(O)C1CCCCN1Cc1csc(C2CC2)n1. The maximum Gasteiger partial charge on any atom is 0.0959 e. The van der Waals surface area contributed by atoms with E-state index < -0.39 is 0 Å². The fraction of sp³-hybridized carbons (Fsp3) is 0.786. The van der Waals surface area contributed by atoms with Crippen LogP contribution in [0.15, 0.2) is 5.38 Å². The zero-order valence-corrected chi connectivity index (χ0v) is 11.8. The van der Waals surface area contributed by atoms with E-state index in [2.05, 4.69) is 10.3 Å². The van der Waals surface area contributed by atoms with Gasteiger partial charge in [0.25, 0.3) is 0 Å². The molecule has 2 atom stereocenters. The summed E-state index contributed by atoms with van der Waals surface area (Å²) >= 11 is 1.82. The number of piperidine rings is 1. The molecule has 1 saturated heterocycles. The number of likely N-dealkylation sites (tertiary alicyclic amines) is 1. The fourth-order valence-corrected chi connectivity index (χ4v) is 3.86. The maximum atomic E-state index is 9.87. The molecule has 1 aliphatic heterocycles. The van der Waals surface area contributed by atoms with E-state index in [1.807, 2.05) is 18.3 Å². The Labute approximate surface area is 113 Å². The van der Waals surface area contributed by atoms with E-state index in [1.54, 1.807) is 0 Å². The van der Waals surface area contributed by atoms with Crippen molar-refractivity contribution in [3.05, 3.63) is 16.1 Å². The van der Waals surface area contributed by atoms with E-state index in [9.17, 15) is 5.11 Å². The fourth-order valence-electron chi connectivity index (χ4n) is 2.88. The van der Waals surface area contributed by atoms with Crippen LogP contribution in [0.3, 0.4) is 0 Å². The minimum Gasteiger partial charge on any atom is -0.392 e. The molecule has 3 nitrogen and oxygen atoms in total. The van der Waals surface area contributed by atoms with Crippen LogP contribution >= 0.6 is 11.3 Å². The van der Waals surface area contributed by atoms with Crippen LogP contribution in [0.5, 0.6) is 0 Å². The molecule has 100 valence electrons. The van der Waals surface area contributed by atoms with Crippen LogP contribution in [0.25, 0.3) is 0 Å². The molecule has 2 fully saturated rings. The molecule has 2 unspecified atom stereocenters. The first-order chi connectivity index (χ1) is 8.74. The van der Waals surface area contributed by atoms with Gasteiger partial charge in [0.05, 0.1) is 16.8 Å². The largest absolute Gasteiger partial charge is 0.392 e. The molecule has 2 heterocycles. The highest BCUT2D eigenvalue weighted by Crippen LogP contribution is 2.41. The van der Waals surface area contributed by atoms with Gasteiger partial charge in [-0.3, -0.25) is 4.90 Å². The molecular weight excluding hydrogens is 244 g/mol. The van der Waals surface area contributed by atoms with Crippen LogP contribution in [0.2, 0.25) is 0 Å². The molecule has 1 aromatic rings. The third kappa shape index (κ3) is 2.76. The molecule has 2 aliphatic rings. The molecular formula is C14H22N2OS. The minimum absolute atomic E-state index is 0.230. The Hall–Kier alpha value is -0.450. The second-order valence-electron chi connectivity index (χ2n) is 5.73. The highest BCUT2D eigenvalue weighted by atomic mass is 32.1. The summed E-state index contributed by atoms with van der Waals surface area (Å²) in [6.45, 7) is 3.93. The summed E-state index contributed by atoms with van der Waals surface area (Å²) in [4.78, 5) is 7.17. The van der Waals surface area contributed by atoms with Crippen molar-refractivity contribution in [3.8, 4) is 0 Å². The first-order valence-electron chi connectivity index (χ1n) is 7.10. The molecule has 0 bridgehead atoms. The van der Waals surface area contributed by atoms with E-state index in [-0.39, 0.29) is 6.10 Å². The van der Waals surface area contributed by atoms with Gasteiger partial charge in [-0.25, -0.2) is 4.98 Å². The summed E-state index contributed by atoms with van der Waals surface area (Å²) in [5.41, 5.74) is 1.20. The van der Waals surface area contributed by atoms with Gasteiger partial charge in [0.15, 0.2) is 0 Å². The summed E-state index contributed by atoms with van der Waals surface area (Å²) in [7, 11) is 0. The number of rotatable bonds is 4. The van der Waals surface area contributed by atoms with Crippen LogP contribution in [-0.2, 0) is 6.54 Å². The van der Waals surface area contributed by atoms with Gasteiger partial charge in [0.2, 0.25) is 0 Å². The smallest absolute Gasteiger partial charge is 0.0959 e. The van der Waals surface area contributed by atoms with Crippen molar-refractivity contribution in [3.63, 3.8) is 0 Å². The lowest BCUT2D eigenvalue weighted by molar-refractivity contribution is 0.0310. The first-order valence-corrected chi connectivity index (χ1v) is 7.98. The zero-order valence-electron chi connectivity index (χ0n) is 11.0. The Bertz CT molecular complexity index is 400. The topological polar surface area (TPSA) is 36.4 Å². The Balaban J connectivity index is 1.65. The van der Waals surface area contributed by atoms with Crippen LogP contribution in [0.1, 0.15) is 55.6 Å². The molecule has 0 spiro atoms. The number of thiazole rings is 1. The third-order valence-corrected chi connectivity index (χ3v) is 5.14. The Kier molecular flexibility index (Phi) is 3.68. The van der Waals surface area contributed by atoms with Crippen LogP contribution < -0.4 is 0 Å². The van der Waals surface area contributed by atoms with Gasteiger partial charge >= 0.3 is 0 Å². The average Bonchev–Trinajstić information content (AvgIpc) is 3.11. The van der Waals surface area contributed by atoms with Crippen molar-refractivity contribution in [1.29, 1.82) is 0 Å². The van der Waals surface area contributed by atoms with E-state index in [4.69, 9.17) is 4.98 Å². The summed E-state index contributed by atoms with van der Waals surface area (Å²) in [5.74, 6) is 0.762. The van der Waals surface area contributed by atoms with Gasteiger partial charge < -0.3 is 5.11 Å². The molecule has 0 amide bonds. The van der Waals surface area contributed by atoms with Gasteiger partial charge in [-0.15, -0.1) is 11.3 Å². The van der Waals surface area contributed by atoms with Crippen molar-refractivity contribution < 1.29 is 5.11 Å². The Morgan fingerprint density at radius 3 is 3.00 bits per heavy atom. The summed E-state index contributed by atoms with van der Waals surface area (Å²) in [6, 6.07) is 0.324. The van der Waals surface area contributed by atoms with E-state index >= 15 is 0 Å². The lowest BCUT2D eigenvalue weighted by atomic mass is 9.98. The number of aliphatic hydroxyl groups is 1. The van der Waals surface area contributed by atoms with E-state index in [1.165, 1.54) is 36.4 Å². The van der Waals surface area contributed by atoms with Crippen LogP contribution in [0.4, 0.5) is 0 Å². The van der Waals surface area contributed by atoms with Crippen molar-refractivity contribution >= 4 is 11.3 Å². The van der Waals surface area contributed by atoms with E-state index in [0.717, 1.165) is 25.4 Å². The molecule has 3 rings (SSSR count). The molecule has 1 N–H and O–H groups in total. The van der Waals surface area contributed by atoms with Gasteiger partial charge in [-0.2, -0.15) is 0 Å². The first kappa shape index (κ1) is 12.6. The summed E-state index contributed by atoms with van der Waals surface area (Å²) < 4.78 is 0. The monoisotopic (exact) mass is 266 g/mol. The number of nitrogens with zero attached hydrogens (tertiary/aromatic N) is 2. The molecule has 1 saturated carbocycles. The normalized spacial score (nSPS) is 27.3. The van der Waals surface area contributed by atoms with Crippen molar-refractivity contribution in [2.75, 3.05) is 6.54 Å². The highest BCUT2D eigenvalue weighted by molar-refractivity contribution is 7.09. The molecule has 0 aromatic carbocycles. The quantitative estimate of drug-likeness (QED) is 0.910. The van der Waals surface area contributed by atoms with Crippen molar-refractivity contribution in [1.82, 2.24) is 9.88 Å². The average molecular weight is 266 g/mol. The van der Waals surface area contributed by atoms with Gasteiger partial charge in [0.1, 0.15) is 0 Å². The van der Waals surface area contributed by atoms with Crippen LogP contribution in [0, 0.1) is 0 Å². The van der Waals surface area contributed by atoms with E-state index in [0.29, 0.717) is 6.04 Å². The molecule has 18 heavy (non-hydrogen) atoms. The molecule has 1 aromatic heterocycles. The zero-order chi connectivity index (χ0) is 12.5. The van der Waals surface area contributed by atoms with Gasteiger partial charge in [-0.05, 0) is 39.2 Å². The minimum atomic E-state index is -0.230. The highest BCUT2D eigenvalue weighted by Gasteiger charge is 2.29. The lowest BCUT2D eigenvalue weighted by Gasteiger charge is -2.36. The Morgan fingerprint density at radius 1 is 1.44 bits per heavy atom. The lowest BCUT2D eigenvalue weighted by Crippen LogP contribution is -2.45. The molecule has 0 radical (unpaired) electrons. The standard InChI is InChI=1S/C14H22N2OS/c1-10(17)13-4-2-3-7-16(13)8-12-9-18-14(15-12)11-5-6-11/h9-11,13,17H,2-8H2,1H3. The van der Waals surface area contributed by atoms with Crippen molar-refractivity contribution in [2.45, 2.75) is 63.6 Å². The third-order valence-electron chi connectivity index (χ3n) is 4.08. The maximum absolute atomic E-state index is 9.87. The van der Waals surface area contributed by atoms with Crippen molar-refractivity contribution in [2.24, 2.45) is 0 Å². The number of hydrogen-bond donors (Lipinski definition) is 1. The second-order valence-corrected chi connectivity index (χ2v) is 6.62. The molecule has 1 aliphatic carbocycles. The predicted molar refractivity (Wildman–Crippen MR) is 73.8 cm³/mol. The number of aromatic nitrogens is 1. The van der Waals surface area contributed by atoms with Gasteiger partial charge in [0, 0.05) is 23.9 Å².